The fraction of sp³-hybridized carbons (Fsp3) is 0.471. The van der Waals surface area contributed by atoms with Gasteiger partial charge in [-0.3, -0.25) is 9.58 Å². The molecule has 1 N–H and O–H groups in total. The van der Waals surface area contributed by atoms with Crippen LogP contribution in [-0.4, -0.2) is 51.6 Å². The zero-order valence-electron chi connectivity index (χ0n) is 13.0. The van der Waals surface area contributed by atoms with E-state index in [4.69, 9.17) is 4.74 Å². The summed E-state index contributed by atoms with van der Waals surface area (Å²) in [6, 6.07) is 8.15. The monoisotopic (exact) mass is 319 g/mol. The lowest BCUT2D eigenvalue weighted by Gasteiger charge is -2.26. The Labute approximate surface area is 135 Å². The molecule has 2 aromatic rings. The van der Waals surface area contributed by atoms with Crippen molar-refractivity contribution in [1.82, 2.24) is 14.7 Å². The van der Waals surface area contributed by atoms with E-state index < -0.39 is 6.10 Å². The molecule has 1 aromatic heterocycles. The van der Waals surface area contributed by atoms with Gasteiger partial charge in [-0.15, -0.1) is 0 Å². The topological polar surface area (TPSA) is 50.5 Å². The van der Waals surface area contributed by atoms with Gasteiger partial charge in [0.05, 0.1) is 6.54 Å². The average molecular weight is 319 g/mol. The summed E-state index contributed by atoms with van der Waals surface area (Å²) in [4.78, 5) is 2.29. The first kappa shape index (κ1) is 16.0. The Morgan fingerprint density at radius 2 is 2.17 bits per heavy atom. The van der Waals surface area contributed by atoms with Crippen molar-refractivity contribution in [2.45, 2.75) is 31.5 Å². The van der Waals surface area contributed by atoms with E-state index in [1.165, 1.54) is 12.1 Å². The molecule has 1 aliphatic rings. The normalized spacial score (nSPS) is 19.8. The predicted octanol–water partition coefficient (Wildman–Crippen LogP) is 1.93. The minimum Gasteiger partial charge on any atom is -0.491 e. The molecule has 0 bridgehead atoms. The number of ether oxygens (including phenoxy) is 1. The number of aliphatic hydroxyl groups excluding tert-OH is 1. The van der Waals surface area contributed by atoms with Gasteiger partial charge in [0, 0.05) is 25.0 Å². The first-order valence-electron chi connectivity index (χ1n) is 7.98. The Kier molecular flexibility index (Phi) is 5.25. The number of likely N-dealkylation sites (tertiary alicyclic amines) is 1. The van der Waals surface area contributed by atoms with Crippen LogP contribution in [0.15, 0.2) is 42.7 Å². The van der Waals surface area contributed by atoms with Crippen LogP contribution in [0, 0.1) is 5.82 Å². The average Bonchev–Trinajstić information content (AvgIpc) is 3.20. The number of hydrogen-bond acceptors (Lipinski definition) is 4. The number of aliphatic hydroxyl groups is 1. The quantitative estimate of drug-likeness (QED) is 0.847. The van der Waals surface area contributed by atoms with Crippen LogP contribution >= 0.6 is 0 Å². The predicted molar refractivity (Wildman–Crippen MR) is 84.7 cm³/mol. The van der Waals surface area contributed by atoms with Gasteiger partial charge < -0.3 is 9.84 Å². The van der Waals surface area contributed by atoms with Crippen molar-refractivity contribution in [1.29, 1.82) is 0 Å². The molecule has 1 saturated heterocycles. The summed E-state index contributed by atoms with van der Waals surface area (Å²) in [7, 11) is 0. The smallest absolute Gasteiger partial charge is 0.123 e. The van der Waals surface area contributed by atoms with Gasteiger partial charge in [0.1, 0.15) is 24.3 Å². The van der Waals surface area contributed by atoms with E-state index >= 15 is 0 Å². The van der Waals surface area contributed by atoms with E-state index in [-0.39, 0.29) is 12.4 Å². The molecule has 0 aliphatic carbocycles. The first-order chi connectivity index (χ1) is 11.2. The molecule has 0 spiro atoms. The Bertz CT molecular complexity index is 588. The second kappa shape index (κ2) is 7.57. The number of nitrogens with zero attached hydrogens (tertiary/aromatic N) is 3. The highest BCUT2D eigenvalue weighted by atomic mass is 19.1. The Balaban J connectivity index is 1.46. The van der Waals surface area contributed by atoms with E-state index in [1.54, 1.807) is 18.3 Å². The SMILES string of the molecule is OC(COc1ccc(F)cc1)CN1CCCC1Cn1cccn1. The maximum atomic E-state index is 12.8. The molecule has 0 radical (unpaired) electrons. The fourth-order valence-corrected chi connectivity index (χ4v) is 3.01. The minimum absolute atomic E-state index is 0.205. The highest BCUT2D eigenvalue weighted by Crippen LogP contribution is 2.19. The first-order valence-corrected chi connectivity index (χ1v) is 7.98. The van der Waals surface area contributed by atoms with Crippen molar-refractivity contribution in [2.75, 3.05) is 19.7 Å². The van der Waals surface area contributed by atoms with E-state index in [0.29, 0.717) is 18.3 Å². The standard InChI is InChI=1S/C17H22FN3O2/c18-14-4-6-17(7-5-14)23-13-16(22)12-20-9-1-3-15(20)11-21-10-2-8-19-21/h2,4-8,10,15-16,22H,1,3,9,11-13H2. The minimum atomic E-state index is -0.571. The summed E-state index contributed by atoms with van der Waals surface area (Å²) in [6.07, 6.45) is 5.43. The number of rotatable bonds is 7. The van der Waals surface area contributed by atoms with Gasteiger partial charge in [0.25, 0.3) is 0 Å². The number of aromatic nitrogens is 2. The molecule has 23 heavy (non-hydrogen) atoms. The molecule has 0 saturated carbocycles. The zero-order valence-corrected chi connectivity index (χ0v) is 13.0. The molecule has 2 unspecified atom stereocenters. The Hall–Kier alpha value is -1.92. The summed E-state index contributed by atoms with van der Waals surface area (Å²) in [6.45, 7) is 2.61. The molecular weight excluding hydrogens is 297 g/mol. The molecule has 3 rings (SSSR count). The molecule has 124 valence electrons. The van der Waals surface area contributed by atoms with E-state index in [2.05, 4.69) is 10.00 Å². The van der Waals surface area contributed by atoms with Gasteiger partial charge in [-0.25, -0.2) is 4.39 Å². The maximum Gasteiger partial charge on any atom is 0.123 e. The molecule has 1 aliphatic heterocycles. The second-order valence-electron chi connectivity index (χ2n) is 5.94. The van der Waals surface area contributed by atoms with Crippen LogP contribution in [0.3, 0.4) is 0 Å². The van der Waals surface area contributed by atoms with Gasteiger partial charge in [-0.1, -0.05) is 0 Å². The Morgan fingerprint density at radius 3 is 2.91 bits per heavy atom. The summed E-state index contributed by atoms with van der Waals surface area (Å²) < 4.78 is 20.3. The molecular formula is C17H22FN3O2. The molecule has 5 nitrogen and oxygen atoms in total. The summed E-state index contributed by atoms with van der Waals surface area (Å²) in [5, 5.41) is 14.5. The number of hydrogen-bond donors (Lipinski definition) is 1. The van der Waals surface area contributed by atoms with Gasteiger partial charge in [0.2, 0.25) is 0 Å². The van der Waals surface area contributed by atoms with Crippen LogP contribution in [0.4, 0.5) is 4.39 Å². The van der Waals surface area contributed by atoms with Crippen LogP contribution in [0.1, 0.15) is 12.8 Å². The molecule has 2 atom stereocenters. The Morgan fingerprint density at radius 1 is 1.35 bits per heavy atom. The lowest BCUT2D eigenvalue weighted by molar-refractivity contribution is 0.0609. The highest BCUT2D eigenvalue weighted by Gasteiger charge is 2.26. The summed E-state index contributed by atoms with van der Waals surface area (Å²) in [5.74, 6) is 0.274. The van der Waals surface area contributed by atoms with Crippen LogP contribution in [0.5, 0.6) is 5.75 Å². The largest absolute Gasteiger partial charge is 0.491 e. The molecule has 0 amide bonds. The molecule has 2 heterocycles. The summed E-state index contributed by atoms with van der Waals surface area (Å²) >= 11 is 0. The third-order valence-corrected chi connectivity index (χ3v) is 4.16. The van der Waals surface area contributed by atoms with Gasteiger partial charge >= 0.3 is 0 Å². The maximum absolute atomic E-state index is 12.8. The van der Waals surface area contributed by atoms with Gasteiger partial charge in [-0.05, 0) is 49.7 Å². The van der Waals surface area contributed by atoms with Crippen molar-refractivity contribution in [3.05, 3.63) is 48.5 Å². The molecule has 1 aromatic carbocycles. The molecule has 6 heteroatoms. The third kappa shape index (κ3) is 4.53. The lowest BCUT2D eigenvalue weighted by Crippen LogP contribution is -2.40. The lowest BCUT2D eigenvalue weighted by atomic mass is 10.2. The van der Waals surface area contributed by atoms with Crippen LogP contribution in [-0.2, 0) is 6.54 Å². The van der Waals surface area contributed by atoms with Crippen LogP contribution in [0.2, 0.25) is 0 Å². The summed E-state index contributed by atoms with van der Waals surface area (Å²) in [5.41, 5.74) is 0. The number of β-amino-alcohol motifs (C(OH)–C–C–N with tert-alkyl or cyclic N) is 1. The van der Waals surface area contributed by atoms with Crippen molar-refractivity contribution in [2.24, 2.45) is 0 Å². The van der Waals surface area contributed by atoms with Gasteiger partial charge in [-0.2, -0.15) is 5.10 Å². The van der Waals surface area contributed by atoms with Gasteiger partial charge in [0.15, 0.2) is 0 Å². The van der Waals surface area contributed by atoms with Crippen molar-refractivity contribution in [3.8, 4) is 5.75 Å². The third-order valence-electron chi connectivity index (χ3n) is 4.16. The van der Waals surface area contributed by atoms with Crippen molar-refractivity contribution >= 4 is 0 Å². The fourth-order valence-electron chi connectivity index (χ4n) is 3.01. The van der Waals surface area contributed by atoms with E-state index in [0.717, 1.165) is 25.9 Å². The zero-order chi connectivity index (χ0) is 16.1. The van der Waals surface area contributed by atoms with E-state index in [1.807, 2.05) is 16.9 Å². The molecule has 1 fully saturated rings. The highest BCUT2D eigenvalue weighted by molar-refractivity contribution is 5.22. The van der Waals surface area contributed by atoms with Crippen LogP contribution in [0.25, 0.3) is 0 Å². The van der Waals surface area contributed by atoms with Crippen molar-refractivity contribution < 1.29 is 14.2 Å². The van der Waals surface area contributed by atoms with Crippen LogP contribution < -0.4 is 4.74 Å². The number of halogens is 1. The van der Waals surface area contributed by atoms with Crippen molar-refractivity contribution in [3.63, 3.8) is 0 Å². The van der Waals surface area contributed by atoms with E-state index in [9.17, 15) is 9.50 Å². The second-order valence-corrected chi connectivity index (χ2v) is 5.94. The number of benzene rings is 1.